The molecule has 1 saturated carbocycles. The van der Waals surface area contributed by atoms with E-state index in [0.717, 1.165) is 31.4 Å². The van der Waals surface area contributed by atoms with Crippen LogP contribution in [0.25, 0.3) is 0 Å². The van der Waals surface area contributed by atoms with Gasteiger partial charge in [0.25, 0.3) is 0 Å². The Morgan fingerprint density at radius 1 is 1.39 bits per heavy atom. The highest BCUT2D eigenvalue weighted by molar-refractivity contribution is 6.32. The molecule has 0 N–H and O–H groups in total. The zero-order valence-corrected chi connectivity index (χ0v) is 11.2. The molecule has 0 aromatic heterocycles. The minimum absolute atomic E-state index is 0.120. The van der Waals surface area contributed by atoms with E-state index in [9.17, 15) is 4.79 Å². The zero-order valence-electron chi connectivity index (χ0n) is 9.73. The summed E-state index contributed by atoms with van der Waals surface area (Å²) in [5.41, 5.74) is 1.13. The maximum atomic E-state index is 11.7. The summed E-state index contributed by atoms with van der Waals surface area (Å²) < 4.78 is 0. The topological polar surface area (TPSA) is 38.7 Å². The van der Waals surface area contributed by atoms with Crippen molar-refractivity contribution < 1.29 is 9.63 Å². The summed E-state index contributed by atoms with van der Waals surface area (Å²) >= 11 is 11.9. The summed E-state index contributed by atoms with van der Waals surface area (Å²) in [7, 11) is 0. The molecule has 18 heavy (non-hydrogen) atoms. The zero-order chi connectivity index (χ0) is 13.0. The van der Waals surface area contributed by atoms with Crippen molar-refractivity contribution >= 4 is 34.9 Å². The predicted octanol–water partition coefficient (Wildman–Crippen LogP) is 4.03. The lowest BCUT2D eigenvalue weighted by Gasteiger charge is -2.17. The van der Waals surface area contributed by atoms with Gasteiger partial charge >= 0.3 is 5.97 Å². The second-order valence-electron chi connectivity index (χ2n) is 4.19. The van der Waals surface area contributed by atoms with E-state index >= 15 is 0 Å². The van der Waals surface area contributed by atoms with Gasteiger partial charge in [-0.3, -0.25) is 0 Å². The standard InChI is InChI=1S/C13H13Cl2NO2/c14-10-5-3-4-9(8-10)13(17)18-16-12-7-2-1-6-11(12)15/h3-5,8,11H,1-2,6-7H2. The van der Waals surface area contributed by atoms with E-state index in [1.807, 2.05) is 0 Å². The summed E-state index contributed by atoms with van der Waals surface area (Å²) in [5, 5.41) is 4.23. The maximum Gasteiger partial charge on any atom is 0.365 e. The van der Waals surface area contributed by atoms with Gasteiger partial charge < -0.3 is 4.84 Å². The maximum absolute atomic E-state index is 11.7. The molecule has 0 radical (unpaired) electrons. The van der Waals surface area contributed by atoms with Crippen LogP contribution in [0.2, 0.25) is 5.02 Å². The minimum atomic E-state index is -0.514. The highest BCUT2D eigenvalue weighted by Crippen LogP contribution is 2.21. The van der Waals surface area contributed by atoms with E-state index in [2.05, 4.69) is 5.16 Å². The van der Waals surface area contributed by atoms with Gasteiger partial charge in [0, 0.05) is 5.02 Å². The molecule has 2 rings (SSSR count). The summed E-state index contributed by atoms with van der Waals surface area (Å²) in [5.74, 6) is -0.514. The SMILES string of the molecule is O=C(ON=C1CCCCC1Cl)c1cccc(Cl)c1. The van der Waals surface area contributed by atoms with Crippen LogP contribution in [0, 0.1) is 0 Å². The summed E-state index contributed by atoms with van der Waals surface area (Å²) in [6, 6.07) is 6.56. The third kappa shape index (κ3) is 3.47. The molecule has 1 aliphatic rings. The monoisotopic (exact) mass is 285 g/mol. The van der Waals surface area contributed by atoms with Crippen molar-refractivity contribution in [3.63, 3.8) is 0 Å². The van der Waals surface area contributed by atoms with Crippen molar-refractivity contribution in [3.8, 4) is 0 Å². The van der Waals surface area contributed by atoms with Crippen molar-refractivity contribution in [3.05, 3.63) is 34.9 Å². The van der Waals surface area contributed by atoms with Crippen LogP contribution in [-0.2, 0) is 4.84 Å². The van der Waals surface area contributed by atoms with Crippen LogP contribution in [0.3, 0.4) is 0 Å². The average molecular weight is 286 g/mol. The first-order valence-corrected chi connectivity index (χ1v) is 6.66. The number of rotatable bonds is 2. The largest absolute Gasteiger partial charge is 0.365 e. The Kier molecular flexibility index (Phi) is 4.61. The third-order valence-corrected chi connectivity index (χ3v) is 3.51. The molecule has 1 aromatic rings. The molecule has 0 saturated heterocycles. The molecule has 1 unspecified atom stereocenters. The van der Waals surface area contributed by atoms with Gasteiger partial charge in [0.1, 0.15) is 0 Å². The fraction of sp³-hybridized carbons (Fsp3) is 0.385. The first kappa shape index (κ1) is 13.4. The van der Waals surface area contributed by atoms with Crippen molar-refractivity contribution in [1.29, 1.82) is 0 Å². The molecule has 1 fully saturated rings. The van der Waals surface area contributed by atoms with Crippen molar-refractivity contribution in [2.45, 2.75) is 31.1 Å². The van der Waals surface area contributed by atoms with Crippen LogP contribution in [0.5, 0.6) is 0 Å². The van der Waals surface area contributed by atoms with E-state index in [1.54, 1.807) is 24.3 Å². The Bertz CT molecular complexity index is 474. The molecule has 1 atom stereocenters. The molecule has 1 aromatic carbocycles. The van der Waals surface area contributed by atoms with E-state index in [1.165, 1.54) is 0 Å². The van der Waals surface area contributed by atoms with Crippen LogP contribution in [-0.4, -0.2) is 17.1 Å². The van der Waals surface area contributed by atoms with Crippen molar-refractivity contribution in [1.82, 2.24) is 0 Å². The number of halogens is 2. The Hall–Kier alpha value is -1.06. The third-order valence-electron chi connectivity index (χ3n) is 2.81. The summed E-state index contributed by atoms with van der Waals surface area (Å²) in [6.07, 6.45) is 3.80. The molecule has 3 nitrogen and oxygen atoms in total. The van der Waals surface area contributed by atoms with Crippen LogP contribution >= 0.6 is 23.2 Å². The van der Waals surface area contributed by atoms with Crippen LogP contribution in [0.15, 0.2) is 29.4 Å². The molecule has 5 heteroatoms. The van der Waals surface area contributed by atoms with E-state index in [-0.39, 0.29) is 5.38 Å². The lowest BCUT2D eigenvalue weighted by atomic mass is 9.98. The Labute approximate surface area is 116 Å². The van der Waals surface area contributed by atoms with Gasteiger partial charge in [0.2, 0.25) is 0 Å². The van der Waals surface area contributed by atoms with Crippen molar-refractivity contribution in [2.24, 2.45) is 5.16 Å². The second kappa shape index (κ2) is 6.21. The number of oxime groups is 1. The summed E-state index contributed by atoms with van der Waals surface area (Å²) in [4.78, 5) is 16.6. The molecule has 96 valence electrons. The molecule has 0 heterocycles. The fourth-order valence-corrected chi connectivity index (χ4v) is 2.32. The number of carbonyl (C=O) groups excluding carboxylic acids is 1. The second-order valence-corrected chi connectivity index (χ2v) is 5.15. The molecular weight excluding hydrogens is 273 g/mol. The lowest BCUT2D eigenvalue weighted by Crippen LogP contribution is -2.20. The molecule has 0 aliphatic heterocycles. The predicted molar refractivity (Wildman–Crippen MR) is 72.4 cm³/mol. The lowest BCUT2D eigenvalue weighted by molar-refractivity contribution is 0.0514. The molecule has 1 aliphatic carbocycles. The van der Waals surface area contributed by atoms with E-state index in [0.29, 0.717) is 10.6 Å². The van der Waals surface area contributed by atoms with Gasteiger partial charge in [-0.1, -0.05) is 29.2 Å². The van der Waals surface area contributed by atoms with Gasteiger partial charge in [-0.15, -0.1) is 11.6 Å². The first-order valence-electron chi connectivity index (χ1n) is 5.84. The fourth-order valence-electron chi connectivity index (χ4n) is 1.82. The first-order chi connectivity index (χ1) is 8.66. The van der Waals surface area contributed by atoms with E-state index in [4.69, 9.17) is 28.0 Å². The number of benzene rings is 1. The Balaban J connectivity index is 2.01. The average Bonchev–Trinajstić information content (AvgIpc) is 2.37. The highest BCUT2D eigenvalue weighted by atomic mass is 35.5. The van der Waals surface area contributed by atoms with Crippen LogP contribution < -0.4 is 0 Å². The number of nitrogens with zero attached hydrogens (tertiary/aromatic N) is 1. The van der Waals surface area contributed by atoms with Crippen LogP contribution in [0.1, 0.15) is 36.0 Å². The number of hydrogen-bond donors (Lipinski definition) is 0. The van der Waals surface area contributed by atoms with Crippen molar-refractivity contribution in [2.75, 3.05) is 0 Å². The van der Waals surface area contributed by atoms with Crippen LogP contribution in [0.4, 0.5) is 0 Å². The number of alkyl halides is 1. The number of hydrogen-bond acceptors (Lipinski definition) is 3. The molecule has 0 spiro atoms. The van der Waals surface area contributed by atoms with Gasteiger partial charge in [0.05, 0.1) is 16.7 Å². The minimum Gasteiger partial charge on any atom is -0.313 e. The van der Waals surface area contributed by atoms with Gasteiger partial charge in [0.15, 0.2) is 0 Å². The molecular formula is C13H13Cl2NO2. The summed E-state index contributed by atoms with van der Waals surface area (Å²) in [6.45, 7) is 0. The van der Waals surface area contributed by atoms with Gasteiger partial charge in [-0.2, -0.15) is 0 Å². The molecule has 0 bridgehead atoms. The van der Waals surface area contributed by atoms with Gasteiger partial charge in [-0.05, 0) is 37.5 Å². The normalized spacial score (nSPS) is 21.9. The number of carbonyl (C=O) groups is 1. The Morgan fingerprint density at radius 3 is 2.94 bits per heavy atom. The quantitative estimate of drug-likeness (QED) is 0.467. The van der Waals surface area contributed by atoms with E-state index < -0.39 is 5.97 Å². The Morgan fingerprint density at radius 2 is 2.22 bits per heavy atom. The van der Waals surface area contributed by atoms with Gasteiger partial charge in [-0.25, -0.2) is 4.79 Å². The molecule has 0 amide bonds. The smallest absolute Gasteiger partial charge is 0.313 e. The highest BCUT2D eigenvalue weighted by Gasteiger charge is 2.19.